The van der Waals surface area contributed by atoms with Crippen molar-refractivity contribution in [1.82, 2.24) is 28.7 Å². The van der Waals surface area contributed by atoms with Crippen LogP contribution in [-0.2, 0) is 0 Å². The molecule has 0 aliphatic rings. The second-order valence-corrected chi connectivity index (χ2v) is 26.1. The van der Waals surface area contributed by atoms with Crippen LogP contribution in [0.15, 0.2) is 292 Å². The van der Waals surface area contributed by atoms with Gasteiger partial charge < -0.3 is 0 Å². The third-order valence-corrected chi connectivity index (χ3v) is 21.6. The number of fused-ring (bicyclic) bond motifs is 26. The molecule has 420 valence electrons. The van der Waals surface area contributed by atoms with Crippen LogP contribution >= 0.6 is 34.0 Å². The van der Waals surface area contributed by atoms with Gasteiger partial charge in [0.05, 0.1) is 37.8 Å². The van der Waals surface area contributed by atoms with Gasteiger partial charge in [0.1, 0.15) is 17.5 Å². The number of thiophene rings is 3. The van der Waals surface area contributed by atoms with E-state index >= 15 is 0 Å². The van der Waals surface area contributed by atoms with Crippen LogP contribution in [-0.4, -0.2) is 28.7 Å². The number of pyridine rings is 3. The Bertz CT molecular complexity index is 6460. The molecule has 0 aliphatic heterocycles. The molecule has 0 atom stereocenters. The van der Waals surface area contributed by atoms with Crippen molar-refractivity contribution in [3.8, 4) is 17.5 Å². The fraction of sp³-hybridized carbons (Fsp3) is 0. The summed E-state index contributed by atoms with van der Waals surface area (Å²) in [6.45, 7) is 0. The first-order chi connectivity index (χ1) is 44.7. The predicted octanol–water partition coefficient (Wildman–Crippen LogP) is 23.1. The van der Waals surface area contributed by atoms with E-state index in [4.69, 9.17) is 15.0 Å². The number of aromatic nitrogens is 6. The van der Waals surface area contributed by atoms with Crippen LogP contribution in [0.25, 0.3) is 176 Å². The van der Waals surface area contributed by atoms with Crippen LogP contribution < -0.4 is 0 Å². The first-order valence-corrected chi connectivity index (χ1v) is 32.7. The summed E-state index contributed by atoms with van der Waals surface area (Å²) in [6.07, 6.45) is 5.61. The zero-order valence-electron chi connectivity index (χ0n) is 48.1. The fourth-order valence-electron chi connectivity index (χ4n) is 14.3. The van der Waals surface area contributed by atoms with Gasteiger partial charge in [-0.3, -0.25) is 13.7 Å². The molecule has 0 saturated heterocycles. The van der Waals surface area contributed by atoms with Crippen LogP contribution in [0, 0.1) is 0 Å². The molecule has 12 aromatic carbocycles. The molecule has 0 spiro atoms. The summed E-state index contributed by atoms with van der Waals surface area (Å²) in [5.74, 6) is 2.86. The smallest absolute Gasteiger partial charge is 0.137 e. The molecule has 9 heterocycles. The quantitative estimate of drug-likeness (QED) is 0.177. The van der Waals surface area contributed by atoms with Crippen molar-refractivity contribution in [3.63, 3.8) is 0 Å². The van der Waals surface area contributed by atoms with Gasteiger partial charge in [0, 0.05) is 112 Å². The van der Waals surface area contributed by atoms with Gasteiger partial charge in [-0.05, 0) is 118 Å². The molecule has 0 radical (unpaired) electrons. The van der Waals surface area contributed by atoms with Gasteiger partial charge in [-0.15, -0.1) is 34.0 Å². The number of hydrogen-bond donors (Lipinski definition) is 0. The lowest BCUT2D eigenvalue weighted by molar-refractivity contribution is 1.08. The van der Waals surface area contributed by atoms with Gasteiger partial charge >= 0.3 is 0 Å². The maximum atomic E-state index is 4.73. The zero-order valence-corrected chi connectivity index (χ0v) is 50.6. The predicted molar refractivity (Wildman–Crippen MR) is 387 cm³/mol. The maximum Gasteiger partial charge on any atom is 0.137 e. The van der Waals surface area contributed by atoms with Gasteiger partial charge in [-0.25, -0.2) is 15.0 Å². The molecule has 0 amide bonds. The molecule has 0 bridgehead atoms. The van der Waals surface area contributed by atoms with E-state index in [-0.39, 0.29) is 0 Å². The largest absolute Gasteiger partial charge is 0.294 e. The van der Waals surface area contributed by atoms with E-state index in [1.165, 1.54) is 158 Å². The Hall–Kier alpha value is -11.1. The van der Waals surface area contributed by atoms with Crippen molar-refractivity contribution in [1.29, 1.82) is 0 Å². The molecule has 0 unspecified atom stereocenters. The lowest BCUT2D eigenvalue weighted by Gasteiger charge is -2.10. The molecule has 21 rings (SSSR count). The highest BCUT2D eigenvalue weighted by Gasteiger charge is 2.24. The van der Waals surface area contributed by atoms with Gasteiger partial charge in [-0.1, -0.05) is 182 Å². The molecular weight excluding hydrogens is 1150 g/mol. The first kappa shape index (κ1) is 51.0. The third kappa shape index (κ3) is 7.70. The van der Waals surface area contributed by atoms with Crippen molar-refractivity contribution in [2.24, 2.45) is 0 Å². The van der Waals surface area contributed by atoms with Crippen molar-refractivity contribution < 1.29 is 0 Å². The van der Waals surface area contributed by atoms with Crippen LogP contribution in [0.5, 0.6) is 0 Å². The molecular formula is C81H48N6S3. The molecule has 0 saturated carbocycles. The second kappa shape index (κ2) is 20.2. The summed E-state index contributed by atoms with van der Waals surface area (Å²) < 4.78 is 15.0. The summed E-state index contributed by atoms with van der Waals surface area (Å²) in [5.41, 5.74) is 7.29. The third-order valence-electron chi connectivity index (χ3n) is 18.1. The zero-order chi connectivity index (χ0) is 59.0. The molecule has 21 aromatic rings. The average molecular weight is 1200 g/mol. The van der Waals surface area contributed by atoms with E-state index in [1.807, 2.05) is 70.8 Å². The summed E-state index contributed by atoms with van der Waals surface area (Å²) in [4.78, 5) is 14.1. The molecule has 9 aromatic heterocycles. The lowest BCUT2D eigenvalue weighted by atomic mass is 10.00. The van der Waals surface area contributed by atoms with E-state index in [0.29, 0.717) is 0 Å². The second-order valence-electron chi connectivity index (χ2n) is 23.0. The SMILES string of the molecule is c1ccc(-n2c3cc4ccccc4cc3c3cc4sc5ccccc5c4cc32)nc1.c1ccc(-n2c3ccc4ccccc4c3c3ccc4c5ccccc5sc4c32)nc1.c1ccc(-n2c3ccccc3c3c4sc5ccccc5c4c4ccccc4c32)nc1. The van der Waals surface area contributed by atoms with Gasteiger partial charge in [0.15, 0.2) is 0 Å². The Labute approximate surface area is 526 Å². The number of benzene rings is 12. The van der Waals surface area contributed by atoms with Crippen LogP contribution in [0.1, 0.15) is 0 Å². The fourth-order valence-corrected chi connectivity index (χ4v) is 17.9. The minimum absolute atomic E-state index is 0.951. The molecule has 0 N–H and O–H groups in total. The highest BCUT2D eigenvalue weighted by Crippen LogP contribution is 2.49. The maximum absolute atomic E-state index is 4.73. The monoisotopic (exact) mass is 1200 g/mol. The minimum atomic E-state index is 0.951. The lowest BCUT2D eigenvalue weighted by Crippen LogP contribution is -1.96. The molecule has 0 fully saturated rings. The minimum Gasteiger partial charge on any atom is -0.294 e. The topological polar surface area (TPSA) is 53.5 Å². The number of hydrogen-bond acceptors (Lipinski definition) is 6. The van der Waals surface area contributed by atoms with Gasteiger partial charge in [-0.2, -0.15) is 0 Å². The van der Waals surface area contributed by atoms with Crippen LogP contribution in [0.4, 0.5) is 0 Å². The Morgan fingerprint density at radius 2 is 0.722 bits per heavy atom. The molecule has 90 heavy (non-hydrogen) atoms. The summed E-state index contributed by atoms with van der Waals surface area (Å²) in [7, 11) is 0. The normalized spacial score (nSPS) is 12.0. The molecule has 6 nitrogen and oxygen atoms in total. The number of rotatable bonds is 3. The van der Waals surface area contributed by atoms with Crippen LogP contribution in [0.2, 0.25) is 0 Å². The summed E-state index contributed by atoms with van der Waals surface area (Å²) in [5, 5.41) is 23.3. The van der Waals surface area contributed by atoms with E-state index < -0.39 is 0 Å². The van der Waals surface area contributed by atoms with E-state index in [0.717, 1.165) is 17.5 Å². The molecule has 0 aliphatic carbocycles. The summed E-state index contributed by atoms with van der Waals surface area (Å²) in [6, 6.07) is 97.6. The highest BCUT2D eigenvalue weighted by molar-refractivity contribution is 7.27. The van der Waals surface area contributed by atoms with Crippen molar-refractivity contribution in [2.45, 2.75) is 0 Å². The van der Waals surface area contributed by atoms with Crippen molar-refractivity contribution in [3.05, 3.63) is 292 Å². The highest BCUT2D eigenvalue weighted by atomic mass is 32.1. The average Bonchev–Trinajstić information content (AvgIpc) is 1.57. The Morgan fingerprint density at radius 1 is 0.222 bits per heavy atom. The first-order valence-electron chi connectivity index (χ1n) is 30.2. The number of nitrogens with zero attached hydrogens (tertiary/aromatic N) is 6. The van der Waals surface area contributed by atoms with E-state index in [1.54, 1.807) is 0 Å². The Morgan fingerprint density at radius 3 is 1.42 bits per heavy atom. The molecule has 9 heteroatoms. The van der Waals surface area contributed by atoms with Gasteiger partial charge in [0.25, 0.3) is 0 Å². The summed E-state index contributed by atoms with van der Waals surface area (Å²) >= 11 is 5.64. The number of para-hydroxylation sites is 1. The Balaban J connectivity index is 0.0000000972. The van der Waals surface area contributed by atoms with E-state index in [2.05, 4.69) is 268 Å². The standard InChI is InChI=1S/3C27H16N2S/c1-2-10-18-17(9-1)24-20-12-4-6-14-22(20)30-27(24)25-19-11-3-5-13-21(19)29(26(18)25)23-15-7-8-16-28-23;1-2-8-18-17(7-1)12-15-22-25(18)21-14-13-20-19-9-3-4-10-23(19)30-27(20)26(21)29(22)24-11-5-6-16-28-24;1-2-8-18-14-23-20(13-17(18)7-1)21-16-26-22(19-9-3-4-10-25(19)30-26)15-24(21)29(23)27-11-5-6-12-28-27/h3*1-16H. The van der Waals surface area contributed by atoms with Crippen molar-refractivity contribution >= 4 is 192 Å². The van der Waals surface area contributed by atoms with Crippen molar-refractivity contribution in [2.75, 3.05) is 0 Å². The van der Waals surface area contributed by atoms with Crippen LogP contribution in [0.3, 0.4) is 0 Å². The van der Waals surface area contributed by atoms with Gasteiger partial charge in [0.2, 0.25) is 0 Å². The van der Waals surface area contributed by atoms with E-state index in [9.17, 15) is 0 Å². The Kier molecular flexibility index (Phi) is 11.5.